The van der Waals surface area contributed by atoms with Crippen LogP contribution in [0.1, 0.15) is 65.0 Å². The number of piperidine rings is 1. The fourth-order valence-electron chi connectivity index (χ4n) is 2.23. The third-order valence-corrected chi connectivity index (χ3v) is 3.82. The summed E-state index contributed by atoms with van der Waals surface area (Å²) in [5.41, 5.74) is 2.49. The number of thiocarbonyl (C=S) groups is 1. The molecule has 1 saturated heterocycles. The van der Waals surface area contributed by atoms with E-state index in [4.69, 9.17) is 17.1 Å². The Bertz CT molecular complexity index is 433. The first-order valence-corrected chi connectivity index (χ1v) is 8.45. The molecule has 126 valence electrons. The molecule has 22 heavy (non-hydrogen) atoms. The number of hydrogen-bond acceptors (Lipinski definition) is 3. The zero-order valence-corrected chi connectivity index (χ0v) is 16.1. The number of halogens is 1. The molecule has 0 spiro atoms. The first kappa shape index (κ1) is 21.4. The minimum Gasteiger partial charge on any atom is -0.394 e. The van der Waals surface area contributed by atoms with Crippen LogP contribution in [0, 0.1) is 0 Å². The zero-order chi connectivity index (χ0) is 15.9. The molecule has 1 aliphatic rings. The molecule has 1 fully saturated rings. The second kappa shape index (κ2) is 10.2. The van der Waals surface area contributed by atoms with Gasteiger partial charge in [-0.3, -0.25) is 0 Å². The van der Waals surface area contributed by atoms with Crippen molar-refractivity contribution in [2.24, 2.45) is 0 Å². The van der Waals surface area contributed by atoms with E-state index in [9.17, 15) is 0 Å². The molecule has 4 heteroatoms. The Balaban J connectivity index is 0.00000141. The maximum atomic E-state index is 5.77. The molecular weight excluding hydrogens is 314 g/mol. The average Bonchev–Trinajstić information content (AvgIpc) is 2.49. The van der Waals surface area contributed by atoms with Gasteiger partial charge >= 0.3 is 0 Å². The standard InChI is InChI=1S/C16H23NOS.C2H6.ClH/c1-16(2,3)14-9-7-13(8-10-14)15(19)18-17-11-5-4-6-12-17;1-2;/h7-10H,4-6,11-12H2,1-3H3;1-2H3;1H. The maximum Gasteiger partial charge on any atom is 0.218 e. The highest BCUT2D eigenvalue weighted by atomic mass is 35.5. The zero-order valence-electron chi connectivity index (χ0n) is 14.5. The lowest BCUT2D eigenvalue weighted by atomic mass is 9.87. The SMILES string of the molecule is CC.CC(C)(C)c1ccc(C(=S)ON2CCCCC2)cc1.Cl. The quantitative estimate of drug-likeness (QED) is 0.655. The van der Waals surface area contributed by atoms with Gasteiger partial charge in [0.2, 0.25) is 5.05 Å². The molecule has 2 rings (SSSR count). The van der Waals surface area contributed by atoms with Crippen LogP contribution >= 0.6 is 24.6 Å². The summed E-state index contributed by atoms with van der Waals surface area (Å²) in [6, 6.07) is 8.40. The Morgan fingerprint density at radius 2 is 1.50 bits per heavy atom. The summed E-state index contributed by atoms with van der Waals surface area (Å²) >= 11 is 5.37. The first-order chi connectivity index (χ1) is 9.97. The fraction of sp³-hybridized carbons (Fsp3) is 0.611. The Morgan fingerprint density at radius 3 is 1.95 bits per heavy atom. The number of hydroxylamine groups is 2. The van der Waals surface area contributed by atoms with E-state index in [1.54, 1.807) is 0 Å². The van der Waals surface area contributed by atoms with E-state index in [1.165, 1.54) is 24.8 Å². The molecule has 0 unspecified atom stereocenters. The molecule has 1 heterocycles. The number of nitrogens with zero attached hydrogens (tertiary/aromatic N) is 1. The molecule has 0 N–H and O–H groups in total. The minimum absolute atomic E-state index is 0. The van der Waals surface area contributed by atoms with Crippen LogP contribution in [0.4, 0.5) is 0 Å². The lowest BCUT2D eigenvalue weighted by molar-refractivity contribution is -0.0820. The van der Waals surface area contributed by atoms with Crippen molar-refractivity contribution in [1.29, 1.82) is 0 Å². The van der Waals surface area contributed by atoms with E-state index >= 15 is 0 Å². The van der Waals surface area contributed by atoms with Crippen molar-refractivity contribution in [3.63, 3.8) is 0 Å². The third-order valence-electron chi connectivity index (χ3n) is 3.51. The van der Waals surface area contributed by atoms with Gasteiger partial charge in [-0.2, -0.15) is 0 Å². The van der Waals surface area contributed by atoms with Crippen LogP contribution in [0.2, 0.25) is 0 Å². The molecule has 1 aromatic rings. The lowest BCUT2D eigenvalue weighted by Crippen LogP contribution is -2.32. The summed E-state index contributed by atoms with van der Waals surface area (Å²) in [6.45, 7) is 12.6. The van der Waals surface area contributed by atoms with Gasteiger partial charge in [-0.25, -0.2) is 0 Å². The van der Waals surface area contributed by atoms with Gasteiger partial charge in [-0.05, 0) is 48.2 Å². The van der Waals surface area contributed by atoms with Crippen molar-refractivity contribution >= 4 is 29.7 Å². The van der Waals surface area contributed by atoms with Crippen molar-refractivity contribution < 1.29 is 4.84 Å². The molecule has 0 bridgehead atoms. The molecule has 1 aliphatic heterocycles. The fourth-order valence-corrected chi connectivity index (χ4v) is 2.47. The number of rotatable bonds is 2. The van der Waals surface area contributed by atoms with Gasteiger partial charge in [-0.1, -0.05) is 53.2 Å². The summed E-state index contributed by atoms with van der Waals surface area (Å²) in [7, 11) is 0. The smallest absolute Gasteiger partial charge is 0.218 e. The molecular formula is C18H30ClNOS. The van der Waals surface area contributed by atoms with Crippen LogP contribution in [0.5, 0.6) is 0 Å². The molecule has 0 atom stereocenters. The van der Waals surface area contributed by atoms with Gasteiger partial charge in [0.05, 0.1) is 0 Å². The largest absolute Gasteiger partial charge is 0.394 e. The second-order valence-corrected chi connectivity index (χ2v) is 6.57. The van der Waals surface area contributed by atoms with Crippen LogP contribution < -0.4 is 0 Å². The molecule has 1 aromatic carbocycles. The van der Waals surface area contributed by atoms with Crippen LogP contribution in [0.3, 0.4) is 0 Å². The second-order valence-electron chi connectivity index (χ2n) is 6.20. The molecule has 2 nitrogen and oxygen atoms in total. The van der Waals surface area contributed by atoms with Gasteiger partial charge in [0.25, 0.3) is 0 Å². The molecule has 0 aromatic heterocycles. The molecule has 0 aliphatic carbocycles. The Morgan fingerprint density at radius 1 is 1.00 bits per heavy atom. The van der Waals surface area contributed by atoms with E-state index in [0.29, 0.717) is 5.05 Å². The van der Waals surface area contributed by atoms with Gasteiger partial charge in [0, 0.05) is 18.7 Å². The summed E-state index contributed by atoms with van der Waals surface area (Å²) in [5, 5.41) is 2.58. The summed E-state index contributed by atoms with van der Waals surface area (Å²) in [5.74, 6) is 0. The van der Waals surface area contributed by atoms with Crippen molar-refractivity contribution in [3.05, 3.63) is 35.4 Å². The highest BCUT2D eigenvalue weighted by Gasteiger charge is 2.16. The number of hydrogen-bond donors (Lipinski definition) is 0. The minimum atomic E-state index is 0. The summed E-state index contributed by atoms with van der Waals surface area (Å²) in [4.78, 5) is 5.77. The monoisotopic (exact) mass is 343 g/mol. The average molecular weight is 344 g/mol. The van der Waals surface area contributed by atoms with Gasteiger partial charge in [0.1, 0.15) is 0 Å². The van der Waals surface area contributed by atoms with Crippen molar-refractivity contribution in [1.82, 2.24) is 5.06 Å². The van der Waals surface area contributed by atoms with E-state index in [1.807, 2.05) is 18.9 Å². The van der Waals surface area contributed by atoms with Crippen molar-refractivity contribution in [3.8, 4) is 0 Å². The van der Waals surface area contributed by atoms with Crippen LogP contribution in [0.25, 0.3) is 0 Å². The van der Waals surface area contributed by atoms with Gasteiger partial charge in [-0.15, -0.1) is 17.5 Å². The van der Waals surface area contributed by atoms with E-state index in [2.05, 4.69) is 45.0 Å². The van der Waals surface area contributed by atoms with Crippen molar-refractivity contribution in [2.75, 3.05) is 13.1 Å². The Labute approximate surface area is 147 Å². The van der Waals surface area contributed by atoms with E-state index in [0.717, 1.165) is 18.7 Å². The molecule has 0 amide bonds. The third kappa shape index (κ3) is 6.64. The molecule has 0 saturated carbocycles. The highest BCUT2D eigenvalue weighted by molar-refractivity contribution is 7.80. The van der Waals surface area contributed by atoms with Crippen molar-refractivity contribution in [2.45, 2.75) is 59.3 Å². The maximum absolute atomic E-state index is 5.77. The predicted octanol–water partition coefficient (Wildman–Crippen LogP) is 5.53. The summed E-state index contributed by atoms with van der Waals surface area (Å²) < 4.78 is 0. The highest BCUT2D eigenvalue weighted by Crippen LogP contribution is 2.22. The first-order valence-electron chi connectivity index (χ1n) is 8.04. The predicted molar refractivity (Wildman–Crippen MR) is 102 cm³/mol. The summed E-state index contributed by atoms with van der Waals surface area (Å²) in [6.07, 6.45) is 3.70. The lowest BCUT2D eigenvalue weighted by Gasteiger charge is -2.26. The van der Waals surface area contributed by atoms with Gasteiger partial charge in [0.15, 0.2) is 0 Å². The van der Waals surface area contributed by atoms with Crippen LogP contribution in [-0.4, -0.2) is 23.2 Å². The Hall–Kier alpha value is -0.640. The number of benzene rings is 1. The normalized spacial score (nSPS) is 15.1. The van der Waals surface area contributed by atoms with E-state index < -0.39 is 0 Å². The van der Waals surface area contributed by atoms with E-state index in [-0.39, 0.29) is 17.8 Å². The Kier molecular flexibility index (Phi) is 9.90. The van der Waals surface area contributed by atoms with Crippen LogP contribution in [0.15, 0.2) is 24.3 Å². The topological polar surface area (TPSA) is 12.5 Å². The van der Waals surface area contributed by atoms with Gasteiger partial charge < -0.3 is 4.84 Å². The molecule has 0 radical (unpaired) electrons. The van der Waals surface area contributed by atoms with Crippen LogP contribution in [-0.2, 0) is 10.3 Å².